The van der Waals surface area contributed by atoms with Crippen LogP contribution in [0.1, 0.15) is 114 Å². The van der Waals surface area contributed by atoms with Crippen molar-refractivity contribution in [2.24, 2.45) is 0 Å². The van der Waals surface area contributed by atoms with E-state index in [1.54, 1.807) is 14.2 Å². The molecule has 0 bridgehead atoms. The van der Waals surface area contributed by atoms with Gasteiger partial charge in [0.2, 0.25) is 0 Å². The topological polar surface area (TPSA) is 68.2 Å². The van der Waals surface area contributed by atoms with Gasteiger partial charge in [-0.2, -0.15) is 0 Å². The minimum atomic E-state index is 0. The van der Waals surface area contributed by atoms with E-state index in [1.165, 1.54) is 12.8 Å². The van der Waals surface area contributed by atoms with Gasteiger partial charge in [0.15, 0.2) is 0 Å². The first-order valence-corrected chi connectivity index (χ1v) is 18.9. The van der Waals surface area contributed by atoms with Gasteiger partial charge in [-0.3, -0.25) is 0 Å². The number of phenolic OH excluding ortho intramolecular Hbond substituents is 2. The predicted molar refractivity (Wildman–Crippen MR) is 222 cm³/mol. The van der Waals surface area contributed by atoms with Gasteiger partial charge in [0.05, 0.1) is 25.7 Å². The number of rotatable bonds is 8. The SMILES string of the molecule is C1CCOC1.CC(C)c1cccc(C(C)C)c1O.CC(C)c1cccc(C(C)C)c1O.COc1ccccc1-c1[c-]c(-c2ccccc2OC)ccc1.[Y]. The molecule has 0 spiro atoms. The van der Waals surface area contributed by atoms with E-state index >= 15 is 0 Å². The number of ether oxygens (including phenoxy) is 3. The molecule has 1 aliphatic rings. The predicted octanol–water partition coefficient (Wildman–Crippen LogP) is 12.9. The average Bonchev–Trinajstić information content (AvgIpc) is 3.76. The summed E-state index contributed by atoms with van der Waals surface area (Å²) in [6.45, 7) is 18.8. The second-order valence-corrected chi connectivity index (χ2v) is 14.4. The van der Waals surface area contributed by atoms with Crippen molar-refractivity contribution < 1.29 is 57.1 Å². The van der Waals surface area contributed by atoms with E-state index < -0.39 is 0 Å². The zero-order chi connectivity index (χ0) is 38.9. The molecule has 1 saturated heterocycles. The minimum absolute atomic E-state index is 0. The largest absolute Gasteiger partial charge is 0.507 e. The van der Waals surface area contributed by atoms with Crippen molar-refractivity contribution in [2.75, 3.05) is 27.4 Å². The monoisotopic (exact) mass is 806 g/mol. The number of benzene rings is 5. The van der Waals surface area contributed by atoms with Gasteiger partial charge in [0.25, 0.3) is 0 Å². The Kier molecular flexibility index (Phi) is 20.7. The van der Waals surface area contributed by atoms with Gasteiger partial charge in [-0.05, 0) is 82.0 Å². The second kappa shape index (κ2) is 24.0. The molecule has 1 fully saturated rings. The summed E-state index contributed by atoms with van der Waals surface area (Å²) in [5.41, 5.74) is 8.25. The average molecular weight is 807 g/mol. The maximum atomic E-state index is 9.93. The van der Waals surface area contributed by atoms with Crippen LogP contribution in [0.3, 0.4) is 0 Å². The van der Waals surface area contributed by atoms with Crippen LogP contribution in [0, 0.1) is 6.07 Å². The molecule has 0 atom stereocenters. The van der Waals surface area contributed by atoms with Crippen LogP contribution in [0.5, 0.6) is 23.0 Å². The Morgan fingerprint density at radius 3 is 1.07 bits per heavy atom. The molecule has 0 aromatic heterocycles. The molecular weight excluding hydrogens is 745 g/mol. The number of para-hydroxylation sites is 4. The van der Waals surface area contributed by atoms with E-state index in [9.17, 15) is 10.2 Å². The third-order valence-corrected chi connectivity index (χ3v) is 9.10. The first-order chi connectivity index (χ1) is 25.4. The van der Waals surface area contributed by atoms with E-state index in [4.69, 9.17) is 14.2 Å². The third kappa shape index (κ3) is 13.6. The number of hydrogen-bond acceptors (Lipinski definition) is 5. The molecule has 2 N–H and O–H groups in total. The molecule has 1 radical (unpaired) electrons. The Morgan fingerprint density at radius 2 is 0.796 bits per heavy atom. The van der Waals surface area contributed by atoms with E-state index in [1.807, 2.05) is 103 Å². The van der Waals surface area contributed by atoms with Gasteiger partial charge in [-0.15, -0.1) is 35.4 Å². The molecule has 287 valence electrons. The normalized spacial score (nSPS) is 11.8. The van der Waals surface area contributed by atoms with Crippen LogP contribution < -0.4 is 9.47 Å². The van der Waals surface area contributed by atoms with Crippen LogP contribution in [-0.2, 0) is 37.4 Å². The van der Waals surface area contributed by atoms with Crippen molar-refractivity contribution in [3.05, 3.63) is 131 Å². The van der Waals surface area contributed by atoms with E-state index in [2.05, 4.69) is 61.5 Å². The number of methoxy groups -OCH3 is 2. The summed E-state index contributed by atoms with van der Waals surface area (Å²) in [4.78, 5) is 0. The van der Waals surface area contributed by atoms with Crippen LogP contribution in [0.2, 0.25) is 0 Å². The van der Waals surface area contributed by atoms with E-state index in [0.29, 0.717) is 35.2 Å². The second-order valence-electron chi connectivity index (χ2n) is 14.4. The molecule has 5 nitrogen and oxygen atoms in total. The molecule has 54 heavy (non-hydrogen) atoms. The maximum absolute atomic E-state index is 9.93. The van der Waals surface area contributed by atoms with Crippen LogP contribution in [0.4, 0.5) is 0 Å². The third-order valence-electron chi connectivity index (χ3n) is 9.10. The molecular formula is C48H61O5Y-. The van der Waals surface area contributed by atoms with Crippen molar-refractivity contribution in [3.8, 4) is 45.3 Å². The van der Waals surface area contributed by atoms with Crippen LogP contribution in [0.25, 0.3) is 22.3 Å². The summed E-state index contributed by atoms with van der Waals surface area (Å²) >= 11 is 0. The molecule has 0 aliphatic carbocycles. The summed E-state index contributed by atoms with van der Waals surface area (Å²) in [6, 6.07) is 37.5. The zero-order valence-corrected chi connectivity index (χ0v) is 37.0. The number of aromatic hydroxyl groups is 2. The van der Waals surface area contributed by atoms with Gasteiger partial charge in [-0.1, -0.05) is 128 Å². The molecule has 1 heterocycles. The smallest absolute Gasteiger partial charge is 0.122 e. The zero-order valence-electron chi connectivity index (χ0n) is 34.1. The Bertz CT molecular complexity index is 1640. The summed E-state index contributed by atoms with van der Waals surface area (Å²) in [5, 5.41) is 19.9. The number of hydrogen-bond donors (Lipinski definition) is 2. The van der Waals surface area contributed by atoms with Gasteiger partial charge in [0, 0.05) is 45.9 Å². The first kappa shape index (κ1) is 46.5. The molecule has 0 unspecified atom stereocenters. The number of phenols is 2. The van der Waals surface area contributed by atoms with Crippen LogP contribution in [-0.4, -0.2) is 37.6 Å². The van der Waals surface area contributed by atoms with Crippen LogP contribution >= 0.6 is 0 Å². The minimum Gasteiger partial charge on any atom is -0.507 e. The van der Waals surface area contributed by atoms with Crippen molar-refractivity contribution in [1.82, 2.24) is 0 Å². The van der Waals surface area contributed by atoms with Gasteiger partial charge < -0.3 is 24.4 Å². The van der Waals surface area contributed by atoms with Crippen LogP contribution in [0.15, 0.2) is 103 Å². The standard InChI is InChI=1S/C20H17O2.2C12H18O.C4H8O.Y/c1-21-19-12-5-3-10-17(19)15-8-7-9-16(14-15)18-11-4-6-13-20(18)22-2;2*1-8(2)10-6-5-7-11(9(3)4)12(10)13;1-2-4-5-3-1;/h3-13H,1-2H3;2*5-9,13H,1-4H3;1-4H2;/q-1;;;;. The van der Waals surface area contributed by atoms with Crippen molar-refractivity contribution in [2.45, 2.75) is 91.9 Å². The molecule has 6 rings (SSSR count). The molecule has 0 amide bonds. The molecule has 5 aromatic carbocycles. The van der Waals surface area contributed by atoms with Gasteiger partial charge in [-0.25, -0.2) is 0 Å². The van der Waals surface area contributed by atoms with Gasteiger partial charge in [0.1, 0.15) is 11.5 Å². The fourth-order valence-corrected chi connectivity index (χ4v) is 6.05. The first-order valence-electron chi connectivity index (χ1n) is 18.9. The fraction of sp³-hybridized carbons (Fsp3) is 0.375. The Morgan fingerprint density at radius 1 is 0.481 bits per heavy atom. The summed E-state index contributed by atoms with van der Waals surface area (Å²) in [7, 11) is 3.37. The quantitative estimate of drug-likeness (QED) is 0.153. The summed E-state index contributed by atoms with van der Waals surface area (Å²) in [5.74, 6) is 4.20. The molecule has 6 heteroatoms. The molecule has 0 saturated carbocycles. The van der Waals surface area contributed by atoms with Crippen molar-refractivity contribution >= 4 is 0 Å². The van der Waals surface area contributed by atoms with E-state index in [-0.39, 0.29) is 32.7 Å². The summed E-state index contributed by atoms with van der Waals surface area (Å²) in [6.07, 6.45) is 2.56. The van der Waals surface area contributed by atoms with Crippen molar-refractivity contribution in [1.29, 1.82) is 0 Å². The Labute approximate surface area is 351 Å². The molecule has 1 aliphatic heterocycles. The van der Waals surface area contributed by atoms with Gasteiger partial charge >= 0.3 is 0 Å². The summed E-state index contributed by atoms with van der Waals surface area (Å²) < 4.78 is 15.8. The fourth-order valence-electron chi connectivity index (χ4n) is 6.05. The Balaban J connectivity index is 0.000000272. The van der Waals surface area contributed by atoms with E-state index in [0.717, 1.165) is 69.2 Å². The Hall–Kier alpha value is -3.64. The maximum Gasteiger partial charge on any atom is 0.122 e. The van der Waals surface area contributed by atoms with Crippen molar-refractivity contribution in [3.63, 3.8) is 0 Å². The molecule has 5 aromatic rings.